The van der Waals surface area contributed by atoms with Crippen molar-refractivity contribution < 1.29 is 14.3 Å². The fourth-order valence-electron chi connectivity index (χ4n) is 3.56. The van der Waals surface area contributed by atoms with Gasteiger partial charge in [-0.1, -0.05) is 18.2 Å². The highest BCUT2D eigenvalue weighted by molar-refractivity contribution is 7.07. The average Bonchev–Trinajstić information content (AvgIpc) is 3.44. The first-order valence-electron chi connectivity index (χ1n) is 9.29. The lowest BCUT2D eigenvalue weighted by molar-refractivity contribution is 0.0735. The van der Waals surface area contributed by atoms with E-state index in [0.717, 1.165) is 36.4 Å². The summed E-state index contributed by atoms with van der Waals surface area (Å²) >= 11 is 1.54. The molecule has 0 spiro atoms. The quantitative estimate of drug-likeness (QED) is 0.608. The molecule has 1 unspecified atom stereocenters. The second-order valence-corrected chi connectivity index (χ2v) is 7.45. The second-order valence-electron chi connectivity index (χ2n) is 6.73. The van der Waals surface area contributed by atoms with Crippen molar-refractivity contribution in [1.29, 1.82) is 0 Å². The van der Waals surface area contributed by atoms with Crippen molar-refractivity contribution in [2.24, 2.45) is 0 Å². The Kier molecular flexibility index (Phi) is 5.58. The Morgan fingerprint density at radius 2 is 2.07 bits per heavy atom. The fourth-order valence-corrected chi connectivity index (χ4v) is 4.10. The van der Waals surface area contributed by atoms with Gasteiger partial charge in [0.25, 0.3) is 5.91 Å². The van der Waals surface area contributed by atoms with Crippen molar-refractivity contribution in [3.8, 4) is 11.5 Å². The van der Waals surface area contributed by atoms with Gasteiger partial charge in [-0.15, -0.1) is 11.3 Å². The SMILES string of the molecule is COc1cccc(C2CCCN2C(=O)c2cccc(OCc3cscn3)c2)c1. The van der Waals surface area contributed by atoms with Crippen LogP contribution in [-0.4, -0.2) is 29.4 Å². The molecule has 0 saturated carbocycles. The third-order valence-electron chi connectivity index (χ3n) is 4.94. The van der Waals surface area contributed by atoms with Crippen LogP contribution in [0.2, 0.25) is 0 Å². The zero-order valence-electron chi connectivity index (χ0n) is 15.7. The first kappa shape index (κ1) is 18.5. The number of aromatic nitrogens is 1. The van der Waals surface area contributed by atoms with Crippen LogP contribution in [0.3, 0.4) is 0 Å². The number of rotatable bonds is 6. The number of methoxy groups -OCH3 is 1. The van der Waals surface area contributed by atoms with Gasteiger partial charge in [0, 0.05) is 17.5 Å². The van der Waals surface area contributed by atoms with Crippen LogP contribution >= 0.6 is 11.3 Å². The number of carbonyl (C=O) groups is 1. The number of ether oxygens (including phenoxy) is 2. The Morgan fingerprint density at radius 3 is 2.89 bits per heavy atom. The fraction of sp³-hybridized carbons (Fsp3) is 0.273. The van der Waals surface area contributed by atoms with Gasteiger partial charge in [0.05, 0.1) is 24.4 Å². The van der Waals surface area contributed by atoms with Gasteiger partial charge in [-0.05, 0) is 48.7 Å². The average molecular weight is 394 g/mol. The number of benzene rings is 2. The van der Waals surface area contributed by atoms with E-state index in [-0.39, 0.29) is 11.9 Å². The van der Waals surface area contributed by atoms with E-state index in [1.807, 2.05) is 52.7 Å². The molecule has 1 fully saturated rings. The van der Waals surface area contributed by atoms with E-state index in [1.165, 1.54) is 11.3 Å². The standard InChI is InChI=1S/C22H22N2O3S/c1-26-19-7-2-5-16(11-19)21-9-4-10-24(21)22(25)17-6-3-8-20(12-17)27-13-18-14-28-15-23-18/h2-3,5-8,11-12,14-15,21H,4,9-10,13H2,1H3. The van der Waals surface area contributed by atoms with Gasteiger partial charge in [-0.25, -0.2) is 4.98 Å². The van der Waals surface area contributed by atoms with Gasteiger partial charge in [0.1, 0.15) is 18.1 Å². The molecule has 0 radical (unpaired) electrons. The largest absolute Gasteiger partial charge is 0.497 e. The van der Waals surface area contributed by atoms with Crippen molar-refractivity contribution in [3.05, 3.63) is 76.2 Å². The highest BCUT2D eigenvalue weighted by Crippen LogP contribution is 2.34. The van der Waals surface area contributed by atoms with Crippen LogP contribution in [-0.2, 0) is 6.61 Å². The maximum atomic E-state index is 13.2. The van der Waals surface area contributed by atoms with Gasteiger partial charge in [0.2, 0.25) is 0 Å². The summed E-state index contributed by atoms with van der Waals surface area (Å²) in [4.78, 5) is 19.4. The van der Waals surface area contributed by atoms with Gasteiger partial charge < -0.3 is 14.4 Å². The molecule has 28 heavy (non-hydrogen) atoms. The molecular formula is C22H22N2O3S. The van der Waals surface area contributed by atoms with Crippen molar-refractivity contribution in [2.75, 3.05) is 13.7 Å². The number of carbonyl (C=O) groups excluding carboxylic acids is 1. The zero-order valence-corrected chi connectivity index (χ0v) is 16.5. The Labute approximate surface area is 168 Å². The molecule has 1 aromatic heterocycles. The highest BCUT2D eigenvalue weighted by atomic mass is 32.1. The number of amides is 1. The number of nitrogens with zero attached hydrogens (tertiary/aromatic N) is 2. The molecular weight excluding hydrogens is 372 g/mol. The molecule has 2 heterocycles. The van der Waals surface area contributed by atoms with Crippen LogP contribution in [0.1, 0.15) is 40.5 Å². The molecule has 144 valence electrons. The maximum Gasteiger partial charge on any atom is 0.254 e. The lowest BCUT2D eigenvalue weighted by Crippen LogP contribution is -2.30. The molecule has 1 atom stereocenters. The monoisotopic (exact) mass is 394 g/mol. The van der Waals surface area contributed by atoms with Crippen LogP contribution in [0.15, 0.2) is 59.4 Å². The molecule has 4 rings (SSSR count). The summed E-state index contributed by atoms with van der Waals surface area (Å²) in [6.07, 6.45) is 1.95. The van der Waals surface area contributed by atoms with Gasteiger partial charge in [-0.3, -0.25) is 4.79 Å². The van der Waals surface area contributed by atoms with Gasteiger partial charge >= 0.3 is 0 Å². The summed E-state index contributed by atoms with van der Waals surface area (Å²) in [5, 5.41) is 1.96. The maximum absolute atomic E-state index is 13.2. The minimum Gasteiger partial charge on any atom is -0.497 e. The summed E-state index contributed by atoms with van der Waals surface area (Å²) in [5.74, 6) is 1.52. The Bertz CT molecular complexity index is 942. The topological polar surface area (TPSA) is 51.7 Å². The van der Waals surface area contributed by atoms with Crippen LogP contribution in [0.25, 0.3) is 0 Å². The minimum absolute atomic E-state index is 0.0319. The second kappa shape index (κ2) is 8.44. The van der Waals surface area contributed by atoms with Crippen LogP contribution in [0.4, 0.5) is 0 Å². The highest BCUT2D eigenvalue weighted by Gasteiger charge is 2.30. The Hall–Kier alpha value is -2.86. The van der Waals surface area contributed by atoms with E-state index in [9.17, 15) is 4.79 Å². The normalized spacial score (nSPS) is 16.2. The van der Waals surface area contributed by atoms with E-state index in [4.69, 9.17) is 9.47 Å². The molecule has 0 bridgehead atoms. The van der Waals surface area contributed by atoms with E-state index >= 15 is 0 Å². The van der Waals surface area contributed by atoms with Crippen molar-refractivity contribution >= 4 is 17.2 Å². The first-order chi connectivity index (χ1) is 13.7. The molecule has 6 heteroatoms. The number of thiazole rings is 1. The smallest absolute Gasteiger partial charge is 0.254 e. The summed E-state index contributed by atoms with van der Waals surface area (Å²) in [6.45, 7) is 1.15. The number of hydrogen-bond donors (Lipinski definition) is 0. The van der Waals surface area contributed by atoms with Gasteiger partial charge in [0.15, 0.2) is 0 Å². The predicted octanol–water partition coefficient (Wildman–Crippen LogP) is 4.71. The minimum atomic E-state index is 0.0319. The Balaban J connectivity index is 1.50. The number of hydrogen-bond acceptors (Lipinski definition) is 5. The van der Waals surface area contributed by atoms with Gasteiger partial charge in [-0.2, -0.15) is 0 Å². The lowest BCUT2D eigenvalue weighted by atomic mass is 10.0. The molecule has 3 aromatic rings. The van der Waals surface area contributed by atoms with E-state index < -0.39 is 0 Å². The predicted molar refractivity (Wildman–Crippen MR) is 109 cm³/mol. The van der Waals surface area contributed by atoms with Crippen molar-refractivity contribution in [3.63, 3.8) is 0 Å². The van der Waals surface area contributed by atoms with Crippen molar-refractivity contribution in [2.45, 2.75) is 25.5 Å². The van der Waals surface area contributed by atoms with Crippen molar-refractivity contribution in [1.82, 2.24) is 9.88 Å². The van der Waals surface area contributed by atoms with E-state index in [2.05, 4.69) is 11.1 Å². The third-order valence-corrected chi connectivity index (χ3v) is 5.58. The summed E-state index contributed by atoms with van der Waals surface area (Å²) in [6, 6.07) is 15.4. The third kappa shape index (κ3) is 4.02. The first-order valence-corrected chi connectivity index (χ1v) is 10.2. The molecule has 1 aliphatic heterocycles. The van der Waals surface area contributed by atoms with Crippen LogP contribution < -0.4 is 9.47 Å². The van der Waals surface area contributed by atoms with Crippen LogP contribution in [0.5, 0.6) is 11.5 Å². The molecule has 5 nitrogen and oxygen atoms in total. The summed E-state index contributed by atoms with van der Waals surface area (Å²) in [7, 11) is 1.66. The molecule has 0 N–H and O–H groups in total. The van der Waals surface area contributed by atoms with Crippen LogP contribution in [0, 0.1) is 0 Å². The molecule has 2 aromatic carbocycles. The molecule has 1 amide bonds. The summed E-state index contributed by atoms with van der Waals surface area (Å²) in [5.41, 5.74) is 4.43. The Morgan fingerprint density at radius 1 is 1.21 bits per heavy atom. The van der Waals surface area contributed by atoms with E-state index in [1.54, 1.807) is 12.6 Å². The molecule has 1 aliphatic rings. The number of likely N-dealkylation sites (tertiary alicyclic amines) is 1. The molecule has 0 aliphatic carbocycles. The lowest BCUT2D eigenvalue weighted by Gasteiger charge is -2.25. The zero-order chi connectivity index (χ0) is 19.3. The molecule has 1 saturated heterocycles. The summed E-state index contributed by atoms with van der Waals surface area (Å²) < 4.78 is 11.1. The van der Waals surface area contributed by atoms with E-state index in [0.29, 0.717) is 17.9 Å².